The van der Waals surface area contributed by atoms with Crippen LogP contribution in [0.25, 0.3) is 11.0 Å². The van der Waals surface area contributed by atoms with E-state index in [1.54, 1.807) is 37.3 Å². The van der Waals surface area contributed by atoms with E-state index in [2.05, 4.69) is 11.6 Å². The van der Waals surface area contributed by atoms with Gasteiger partial charge in [0, 0.05) is 0 Å². The first kappa shape index (κ1) is 27.1. The van der Waals surface area contributed by atoms with E-state index in [0.717, 1.165) is 22.5 Å². The van der Waals surface area contributed by atoms with Crippen LogP contribution in [0.5, 0.6) is 11.5 Å². The van der Waals surface area contributed by atoms with Gasteiger partial charge in [-0.2, -0.15) is 0 Å². The van der Waals surface area contributed by atoms with Crippen LogP contribution >= 0.6 is 11.3 Å². The number of fused-ring (bicyclic) bond motifs is 2. The van der Waals surface area contributed by atoms with Crippen molar-refractivity contribution in [3.8, 4) is 11.5 Å². The topological polar surface area (TPSA) is 108 Å². The number of carbonyl (C=O) groups is 2. The molecule has 206 valence electrons. The van der Waals surface area contributed by atoms with Crippen LogP contribution in [-0.4, -0.2) is 37.2 Å². The van der Waals surface area contributed by atoms with Crippen LogP contribution in [0.1, 0.15) is 61.1 Å². The Morgan fingerprint density at radius 2 is 1.90 bits per heavy atom. The van der Waals surface area contributed by atoms with Gasteiger partial charge < -0.3 is 18.6 Å². The summed E-state index contributed by atoms with van der Waals surface area (Å²) >= 11 is 1.01. The molecular formula is C30H28N2O7S. The second-order valence-corrected chi connectivity index (χ2v) is 10.3. The van der Waals surface area contributed by atoms with Crippen LogP contribution in [0, 0.1) is 20.8 Å². The molecular weight excluding hydrogens is 532 g/mol. The van der Waals surface area contributed by atoms with E-state index in [1.165, 1.54) is 18.1 Å². The summed E-state index contributed by atoms with van der Waals surface area (Å²) in [4.78, 5) is 46.9. The molecule has 1 unspecified atom stereocenters. The molecule has 40 heavy (non-hydrogen) atoms. The Hall–Kier alpha value is -4.44. The van der Waals surface area contributed by atoms with Crippen molar-refractivity contribution in [1.29, 1.82) is 0 Å². The number of aromatic nitrogens is 1. The highest BCUT2D eigenvalue weighted by molar-refractivity contribution is 7.17. The number of nitrogens with zero attached hydrogens (tertiary/aromatic N) is 2. The summed E-state index contributed by atoms with van der Waals surface area (Å²) < 4.78 is 22.6. The van der Waals surface area contributed by atoms with E-state index >= 15 is 0 Å². The summed E-state index contributed by atoms with van der Waals surface area (Å²) in [5.41, 5.74) is 3.06. The fourth-order valence-corrected chi connectivity index (χ4v) is 5.73. The van der Waals surface area contributed by atoms with Crippen molar-refractivity contribution >= 4 is 39.3 Å². The Morgan fingerprint density at radius 1 is 1.15 bits per heavy atom. The molecule has 10 heteroatoms. The van der Waals surface area contributed by atoms with Crippen molar-refractivity contribution in [2.75, 3.05) is 25.2 Å². The fraction of sp³-hybridized carbons (Fsp3) is 0.267. The van der Waals surface area contributed by atoms with E-state index in [9.17, 15) is 14.4 Å². The summed E-state index contributed by atoms with van der Waals surface area (Å²) in [6, 6.07) is 7.89. The molecule has 2 aromatic heterocycles. The van der Waals surface area contributed by atoms with Gasteiger partial charge in [0.2, 0.25) is 5.76 Å². The minimum Gasteiger partial charge on any atom is -0.493 e. The lowest BCUT2D eigenvalue weighted by Gasteiger charge is -2.23. The van der Waals surface area contributed by atoms with E-state index in [-0.39, 0.29) is 33.4 Å². The minimum absolute atomic E-state index is 0.0397. The number of aryl methyl sites for hydroxylation is 3. The lowest BCUT2D eigenvalue weighted by atomic mass is 9.97. The molecule has 5 rings (SSSR count). The number of hydrogen-bond donors (Lipinski definition) is 0. The summed E-state index contributed by atoms with van der Waals surface area (Å²) in [6.45, 7) is 11.4. The van der Waals surface area contributed by atoms with Crippen LogP contribution in [-0.2, 0) is 4.74 Å². The molecule has 1 amide bonds. The van der Waals surface area contributed by atoms with Gasteiger partial charge in [0.1, 0.15) is 17.1 Å². The molecule has 1 aliphatic rings. The summed E-state index contributed by atoms with van der Waals surface area (Å²) in [7, 11) is 1.52. The highest BCUT2D eigenvalue weighted by Gasteiger charge is 2.45. The highest BCUT2D eigenvalue weighted by atomic mass is 32.1. The third-order valence-electron chi connectivity index (χ3n) is 6.80. The average molecular weight is 561 g/mol. The Kier molecular flexibility index (Phi) is 7.20. The van der Waals surface area contributed by atoms with Crippen molar-refractivity contribution in [3.05, 3.63) is 91.8 Å². The van der Waals surface area contributed by atoms with Gasteiger partial charge >= 0.3 is 5.97 Å². The van der Waals surface area contributed by atoms with Gasteiger partial charge in [0.15, 0.2) is 22.1 Å². The number of thiazole rings is 1. The molecule has 0 aliphatic carbocycles. The van der Waals surface area contributed by atoms with Gasteiger partial charge in [-0.05, 0) is 68.7 Å². The quantitative estimate of drug-likeness (QED) is 0.200. The van der Waals surface area contributed by atoms with Crippen LogP contribution in [0.4, 0.5) is 5.13 Å². The summed E-state index contributed by atoms with van der Waals surface area (Å²) in [5, 5.41) is 0.608. The molecule has 0 bridgehead atoms. The number of rotatable bonds is 8. The van der Waals surface area contributed by atoms with Gasteiger partial charge in [-0.25, -0.2) is 9.78 Å². The molecule has 1 aliphatic heterocycles. The van der Waals surface area contributed by atoms with Gasteiger partial charge in [-0.15, -0.1) is 0 Å². The number of hydrogen-bond acceptors (Lipinski definition) is 9. The third-order valence-corrected chi connectivity index (χ3v) is 7.94. The van der Waals surface area contributed by atoms with E-state index in [0.29, 0.717) is 40.3 Å². The zero-order valence-electron chi connectivity index (χ0n) is 22.8. The molecule has 0 N–H and O–H groups in total. The molecule has 9 nitrogen and oxygen atoms in total. The van der Waals surface area contributed by atoms with E-state index in [4.69, 9.17) is 18.6 Å². The van der Waals surface area contributed by atoms with Gasteiger partial charge in [0.25, 0.3) is 5.91 Å². The molecule has 0 spiro atoms. The Balaban J connectivity index is 1.75. The Labute approximate surface area is 234 Å². The van der Waals surface area contributed by atoms with Crippen molar-refractivity contribution in [2.24, 2.45) is 0 Å². The van der Waals surface area contributed by atoms with Crippen molar-refractivity contribution in [2.45, 2.75) is 33.7 Å². The predicted molar refractivity (Wildman–Crippen MR) is 152 cm³/mol. The maximum Gasteiger partial charge on any atom is 0.350 e. The van der Waals surface area contributed by atoms with E-state index in [1.807, 2.05) is 20.8 Å². The van der Waals surface area contributed by atoms with Gasteiger partial charge in [-0.3, -0.25) is 14.5 Å². The number of methoxy groups -OCH3 is 1. The molecule has 0 saturated heterocycles. The first-order valence-electron chi connectivity index (χ1n) is 12.7. The normalized spacial score (nSPS) is 14.4. The summed E-state index contributed by atoms with van der Waals surface area (Å²) in [6.07, 6.45) is 1.47. The Bertz CT molecular complexity index is 1740. The SMILES string of the molecule is C=CCOC(=O)c1sc(N2C(=O)c3oc4cc(C)c(C)cc4c(=O)c3C2c2ccc(OCC)c(OC)c2)nc1C. The lowest BCUT2D eigenvalue weighted by molar-refractivity contribution is 0.0554. The van der Waals surface area contributed by atoms with Crippen molar-refractivity contribution in [3.63, 3.8) is 0 Å². The number of esters is 1. The number of amides is 1. The number of ether oxygens (including phenoxy) is 3. The van der Waals surface area contributed by atoms with E-state index < -0.39 is 17.9 Å². The second-order valence-electron chi connectivity index (χ2n) is 9.33. The maximum absolute atomic E-state index is 14.0. The largest absolute Gasteiger partial charge is 0.493 e. The Morgan fingerprint density at radius 3 is 2.60 bits per heavy atom. The monoisotopic (exact) mass is 560 g/mol. The predicted octanol–water partition coefficient (Wildman–Crippen LogP) is 5.67. The molecule has 2 aromatic carbocycles. The minimum atomic E-state index is -0.892. The number of carbonyl (C=O) groups excluding carboxylic acids is 2. The maximum atomic E-state index is 14.0. The molecule has 0 saturated carbocycles. The van der Waals surface area contributed by atoms with Crippen LogP contribution in [0.15, 0.2) is 52.2 Å². The molecule has 0 radical (unpaired) electrons. The molecule has 1 atom stereocenters. The molecule has 4 aromatic rings. The zero-order valence-corrected chi connectivity index (χ0v) is 23.6. The summed E-state index contributed by atoms with van der Waals surface area (Å²) in [5.74, 6) is -0.206. The standard InChI is InChI=1S/C30H28N2O7S/c1-7-11-38-29(35)27-17(5)31-30(40-27)32-24(18-9-10-20(37-8-2)22(14-18)36-6)23-25(33)19-12-15(3)16(4)13-21(19)39-26(23)28(32)34/h7,9-10,12-14,24H,1,8,11H2,2-6H3. The van der Waals surface area contributed by atoms with Crippen molar-refractivity contribution in [1.82, 2.24) is 4.98 Å². The first-order valence-corrected chi connectivity index (χ1v) is 13.5. The third kappa shape index (κ3) is 4.44. The molecule has 3 heterocycles. The number of anilines is 1. The highest BCUT2D eigenvalue weighted by Crippen LogP contribution is 2.45. The van der Waals surface area contributed by atoms with Crippen LogP contribution in [0.3, 0.4) is 0 Å². The first-order chi connectivity index (χ1) is 19.2. The van der Waals surface area contributed by atoms with Crippen molar-refractivity contribution < 1.29 is 28.2 Å². The lowest BCUT2D eigenvalue weighted by Crippen LogP contribution is -2.29. The fourth-order valence-electron chi connectivity index (χ4n) is 4.74. The van der Waals surface area contributed by atoms with Gasteiger partial charge in [-0.1, -0.05) is 30.1 Å². The number of benzene rings is 2. The van der Waals surface area contributed by atoms with Crippen LogP contribution in [0.2, 0.25) is 0 Å². The van der Waals surface area contributed by atoms with Gasteiger partial charge in [0.05, 0.1) is 36.4 Å². The zero-order chi connectivity index (χ0) is 28.7. The average Bonchev–Trinajstić information content (AvgIpc) is 3.46. The van der Waals surface area contributed by atoms with Crippen LogP contribution < -0.4 is 19.8 Å². The molecule has 0 fully saturated rings. The smallest absolute Gasteiger partial charge is 0.350 e. The second kappa shape index (κ2) is 10.6.